The Bertz CT molecular complexity index is 3860. The average molecular weight is 1100 g/mol. The monoisotopic (exact) mass is 1100 g/mol. The van der Waals surface area contributed by atoms with Crippen molar-refractivity contribution >= 4 is 7.32 Å². The van der Waals surface area contributed by atoms with Gasteiger partial charge in [-0.1, -0.05) is 287 Å². The quantitative estimate of drug-likeness (QED) is 0.0958. The molecule has 0 saturated carbocycles. The third-order valence-corrected chi connectivity index (χ3v) is 16.3. The Balaban J connectivity index is 1.15. The molecule has 414 valence electrons. The maximum atomic E-state index is 7.69. The van der Waals surface area contributed by atoms with Crippen molar-refractivity contribution < 1.29 is 14.0 Å². The zero-order valence-electron chi connectivity index (χ0n) is 50.1. The molecule has 0 bridgehead atoms. The van der Waals surface area contributed by atoms with E-state index in [1.807, 2.05) is 0 Å². The van der Waals surface area contributed by atoms with Gasteiger partial charge in [0.15, 0.2) is 0 Å². The summed E-state index contributed by atoms with van der Waals surface area (Å²) in [6.45, 7) is 19.2. The van der Waals surface area contributed by atoms with Crippen LogP contribution in [0.15, 0.2) is 255 Å². The molecule has 0 heterocycles. The second-order valence-electron chi connectivity index (χ2n) is 23.0. The standard InChI is InChI=1S/C81H69BO3/c1-52-10-28-61(29-11-52)70-46-49-73(79(67-40-22-58(7)23-41-67)76(70)64-34-16-55(4)17-35-64)83-82(84-74-50-47-71(62-30-12-53(2)13-31-62)77(65-36-18-56(5)19-37-65)80(74)68-42-24-59(8)25-43-68)85-75-51-48-72(63-32-14-54(3)15-33-63)78(66-38-20-57(6)21-39-66)81(75)69-44-26-60(9)27-45-69/h10-51H,1-9H3. The highest BCUT2D eigenvalue weighted by atomic mass is 16.7. The fourth-order valence-corrected chi connectivity index (χ4v) is 11.4. The summed E-state index contributed by atoms with van der Waals surface area (Å²) in [5, 5.41) is 0. The predicted molar refractivity (Wildman–Crippen MR) is 359 cm³/mol. The first kappa shape index (κ1) is 55.6. The van der Waals surface area contributed by atoms with Crippen molar-refractivity contribution in [3.63, 3.8) is 0 Å². The Hall–Kier alpha value is -9.90. The first-order valence-electron chi connectivity index (χ1n) is 29.4. The molecule has 0 spiro atoms. The van der Waals surface area contributed by atoms with Crippen LogP contribution in [0.5, 0.6) is 17.2 Å². The topological polar surface area (TPSA) is 27.7 Å². The molecule has 0 saturated heterocycles. The minimum Gasteiger partial charge on any atom is -0.489 e. The van der Waals surface area contributed by atoms with Gasteiger partial charge in [-0.3, -0.25) is 0 Å². The van der Waals surface area contributed by atoms with Gasteiger partial charge in [0.1, 0.15) is 17.2 Å². The Morgan fingerprint density at radius 1 is 0.165 bits per heavy atom. The fourth-order valence-electron chi connectivity index (χ4n) is 11.4. The molecule has 0 radical (unpaired) electrons. The summed E-state index contributed by atoms with van der Waals surface area (Å²) in [6.07, 6.45) is 0. The minimum atomic E-state index is -1.37. The summed E-state index contributed by atoms with van der Waals surface area (Å²) in [5.41, 5.74) is 29.2. The van der Waals surface area contributed by atoms with Gasteiger partial charge in [0.2, 0.25) is 0 Å². The molecule has 0 unspecified atom stereocenters. The van der Waals surface area contributed by atoms with E-state index in [1.54, 1.807) is 0 Å². The molecular weight excluding hydrogens is 1030 g/mol. The van der Waals surface area contributed by atoms with Crippen molar-refractivity contribution in [3.8, 4) is 117 Å². The second-order valence-corrected chi connectivity index (χ2v) is 23.0. The molecule has 12 aromatic carbocycles. The van der Waals surface area contributed by atoms with Gasteiger partial charge in [-0.25, -0.2) is 0 Å². The summed E-state index contributed by atoms with van der Waals surface area (Å²) in [4.78, 5) is 0. The van der Waals surface area contributed by atoms with Gasteiger partial charge < -0.3 is 14.0 Å². The lowest BCUT2D eigenvalue weighted by molar-refractivity contribution is 0.309. The van der Waals surface area contributed by atoms with Gasteiger partial charge in [0, 0.05) is 33.4 Å². The van der Waals surface area contributed by atoms with Crippen LogP contribution in [0, 0.1) is 62.3 Å². The van der Waals surface area contributed by atoms with Crippen LogP contribution in [0.2, 0.25) is 0 Å². The van der Waals surface area contributed by atoms with Crippen LogP contribution >= 0.6 is 0 Å². The smallest absolute Gasteiger partial charge is 0.489 e. The molecule has 0 fully saturated rings. The highest BCUT2D eigenvalue weighted by Gasteiger charge is 2.36. The van der Waals surface area contributed by atoms with E-state index in [4.69, 9.17) is 14.0 Å². The molecule has 0 N–H and O–H groups in total. The summed E-state index contributed by atoms with van der Waals surface area (Å²) in [7, 11) is -1.37. The van der Waals surface area contributed by atoms with Crippen LogP contribution in [0.4, 0.5) is 0 Å². The van der Waals surface area contributed by atoms with Crippen molar-refractivity contribution in [1.82, 2.24) is 0 Å². The summed E-state index contributed by atoms with van der Waals surface area (Å²) >= 11 is 0. The third kappa shape index (κ3) is 12.0. The normalized spacial score (nSPS) is 11.1. The van der Waals surface area contributed by atoms with Crippen LogP contribution in [0.1, 0.15) is 50.1 Å². The van der Waals surface area contributed by atoms with Crippen molar-refractivity contribution in [2.45, 2.75) is 62.3 Å². The zero-order valence-corrected chi connectivity index (χ0v) is 50.1. The van der Waals surface area contributed by atoms with Crippen molar-refractivity contribution in [1.29, 1.82) is 0 Å². The molecule has 3 nitrogen and oxygen atoms in total. The van der Waals surface area contributed by atoms with E-state index in [1.165, 1.54) is 33.4 Å². The lowest BCUT2D eigenvalue weighted by Gasteiger charge is -2.26. The highest BCUT2D eigenvalue weighted by molar-refractivity contribution is 6.40. The Kier molecular flexibility index (Phi) is 15.8. The average Bonchev–Trinajstić information content (AvgIpc) is 2.62. The van der Waals surface area contributed by atoms with E-state index < -0.39 is 7.32 Å². The van der Waals surface area contributed by atoms with E-state index in [0.29, 0.717) is 17.2 Å². The Labute approximate surface area is 503 Å². The number of rotatable bonds is 15. The SMILES string of the molecule is Cc1ccc(-c2ccc(OB(Oc3ccc(-c4ccc(C)cc4)c(-c4ccc(C)cc4)c3-c3ccc(C)cc3)Oc3ccc(-c4ccc(C)cc4)c(-c4ccc(C)cc4)c3-c3ccc(C)cc3)c(-c3ccc(C)cc3)c2-c2ccc(C)cc2)cc1. The molecule has 0 aromatic heterocycles. The molecule has 85 heavy (non-hydrogen) atoms. The van der Waals surface area contributed by atoms with E-state index in [0.717, 1.165) is 117 Å². The van der Waals surface area contributed by atoms with Gasteiger partial charge >= 0.3 is 7.32 Å². The number of hydrogen-bond donors (Lipinski definition) is 0. The maximum absolute atomic E-state index is 7.69. The van der Waals surface area contributed by atoms with Crippen LogP contribution in [0.25, 0.3) is 100 Å². The third-order valence-electron chi connectivity index (χ3n) is 16.3. The van der Waals surface area contributed by atoms with Crippen LogP contribution in [0.3, 0.4) is 0 Å². The number of hydrogen-bond acceptors (Lipinski definition) is 3. The van der Waals surface area contributed by atoms with Gasteiger partial charge in [-0.15, -0.1) is 0 Å². The van der Waals surface area contributed by atoms with Gasteiger partial charge in [-0.2, -0.15) is 0 Å². The van der Waals surface area contributed by atoms with Gasteiger partial charge in [0.25, 0.3) is 0 Å². The highest BCUT2D eigenvalue weighted by Crippen LogP contribution is 2.50. The summed E-state index contributed by atoms with van der Waals surface area (Å²) in [6, 6.07) is 92.0. The molecular formula is C81H69BO3. The first-order valence-corrected chi connectivity index (χ1v) is 29.4. The Morgan fingerprint density at radius 2 is 0.318 bits per heavy atom. The lowest BCUT2D eigenvalue weighted by Crippen LogP contribution is -2.37. The molecule has 0 aliphatic heterocycles. The summed E-state index contributed by atoms with van der Waals surface area (Å²) < 4.78 is 23.1. The maximum Gasteiger partial charge on any atom is 0.864 e. The van der Waals surface area contributed by atoms with E-state index in [9.17, 15) is 0 Å². The lowest BCUT2D eigenvalue weighted by atomic mass is 9.85. The largest absolute Gasteiger partial charge is 0.864 e. The first-order chi connectivity index (χ1) is 41.3. The fraction of sp³-hybridized carbons (Fsp3) is 0.111. The zero-order chi connectivity index (χ0) is 58.7. The van der Waals surface area contributed by atoms with E-state index >= 15 is 0 Å². The molecule has 12 rings (SSSR count). The molecule has 4 heteroatoms. The molecule has 0 atom stereocenters. The Morgan fingerprint density at radius 3 is 0.494 bits per heavy atom. The van der Waals surface area contributed by atoms with Crippen LogP contribution in [-0.4, -0.2) is 7.32 Å². The predicted octanol–water partition coefficient (Wildman–Crippen LogP) is 22.0. The van der Waals surface area contributed by atoms with Gasteiger partial charge in [-0.05, 0) is 147 Å². The molecule has 0 aliphatic rings. The number of benzene rings is 12. The molecule has 0 aliphatic carbocycles. The van der Waals surface area contributed by atoms with E-state index in [-0.39, 0.29) is 0 Å². The van der Waals surface area contributed by atoms with Crippen LogP contribution in [-0.2, 0) is 0 Å². The van der Waals surface area contributed by atoms with Gasteiger partial charge in [0.05, 0.1) is 0 Å². The van der Waals surface area contributed by atoms with Crippen LogP contribution < -0.4 is 14.0 Å². The molecule has 0 amide bonds. The van der Waals surface area contributed by atoms with Crippen molar-refractivity contribution in [2.75, 3.05) is 0 Å². The summed E-state index contributed by atoms with van der Waals surface area (Å²) in [5.74, 6) is 1.79. The minimum absolute atomic E-state index is 0.596. The number of aryl methyl sites for hydroxylation is 9. The molecule has 12 aromatic rings. The van der Waals surface area contributed by atoms with Crippen molar-refractivity contribution in [3.05, 3.63) is 305 Å². The second kappa shape index (κ2) is 24.1. The van der Waals surface area contributed by atoms with E-state index in [2.05, 4.69) is 317 Å². The van der Waals surface area contributed by atoms with Crippen molar-refractivity contribution in [2.24, 2.45) is 0 Å².